The number of hydrogen-bond acceptors (Lipinski definition) is 4. The summed E-state index contributed by atoms with van der Waals surface area (Å²) in [5.74, 6) is 0.546. The Bertz CT molecular complexity index is 2720. The van der Waals surface area contributed by atoms with Crippen LogP contribution in [-0.4, -0.2) is 4.98 Å². The number of nitrogens with zero attached hydrogens (tertiary/aromatic N) is 2. The summed E-state index contributed by atoms with van der Waals surface area (Å²) in [7, 11) is 0. The summed E-state index contributed by atoms with van der Waals surface area (Å²) >= 11 is 0. The second kappa shape index (κ2) is 11.9. The van der Waals surface area contributed by atoms with Crippen molar-refractivity contribution in [2.45, 2.75) is 0 Å². The lowest BCUT2D eigenvalue weighted by Gasteiger charge is -2.26. The molecule has 4 heteroatoms. The number of furan rings is 1. The first-order chi connectivity index (χ1) is 25.3. The number of fused-ring (bicyclic) bond motifs is 6. The van der Waals surface area contributed by atoms with E-state index in [4.69, 9.17) is 13.8 Å². The summed E-state index contributed by atoms with van der Waals surface area (Å²) in [5, 5.41) is 4.29. The topological polar surface area (TPSA) is 42.4 Å². The van der Waals surface area contributed by atoms with E-state index < -0.39 is 0 Å². The van der Waals surface area contributed by atoms with Gasteiger partial charge in [-0.2, -0.15) is 0 Å². The first-order valence-electron chi connectivity index (χ1n) is 17.1. The molecule has 0 unspecified atom stereocenters. The molecule has 10 aromatic rings. The Morgan fingerprint density at radius 3 is 1.65 bits per heavy atom. The highest BCUT2D eigenvalue weighted by molar-refractivity contribution is 6.22. The van der Waals surface area contributed by atoms with E-state index >= 15 is 0 Å². The molecule has 0 spiro atoms. The van der Waals surface area contributed by atoms with Crippen LogP contribution in [0.4, 0.5) is 17.1 Å². The van der Waals surface area contributed by atoms with E-state index in [1.54, 1.807) is 0 Å². The lowest BCUT2D eigenvalue weighted by atomic mass is 9.99. The Labute approximate surface area is 294 Å². The van der Waals surface area contributed by atoms with E-state index in [0.29, 0.717) is 5.89 Å². The zero-order valence-corrected chi connectivity index (χ0v) is 27.5. The quantitative estimate of drug-likeness (QED) is 0.179. The maximum Gasteiger partial charge on any atom is 0.231 e. The summed E-state index contributed by atoms with van der Waals surface area (Å²) in [6, 6.07) is 63.5. The number of para-hydroxylation sites is 2. The van der Waals surface area contributed by atoms with E-state index in [1.807, 2.05) is 36.4 Å². The first-order valence-corrected chi connectivity index (χ1v) is 17.1. The Morgan fingerprint density at radius 2 is 0.980 bits per heavy atom. The minimum atomic E-state index is 0.546. The number of anilines is 3. The van der Waals surface area contributed by atoms with Crippen LogP contribution in [0.5, 0.6) is 0 Å². The lowest BCUT2D eigenvalue weighted by molar-refractivity contribution is 0.615. The van der Waals surface area contributed by atoms with E-state index in [1.165, 1.54) is 22.3 Å². The maximum atomic E-state index is 6.70. The van der Waals surface area contributed by atoms with E-state index in [-0.39, 0.29) is 0 Å². The predicted octanol–water partition coefficient (Wildman–Crippen LogP) is 13.4. The van der Waals surface area contributed by atoms with E-state index in [9.17, 15) is 0 Å². The minimum absolute atomic E-state index is 0.546. The number of rotatable bonds is 6. The third-order valence-electron chi connectivity index (χ3n) is 9.69. The van der Waals surface area contributed by atoms with Crippen LogP contribution in [-0.2, 0) is 0 Å². The fourth-order valence-electron chi connectivity index (χ4n) is 7.21. The Hall–Kier alpha value is -6.91. The van der Waals surface area contributed by atoms with Crippen molar-refractivity contribution in [3.63, 3.8) is 0 Å². The van der Waals surface area contributed by atoms with Gasteiger partial charge in [0.05, 0.1) is 5.56 Å². The third-order valence-corrected chi connectivity index (χ3v) is 9.69. The van der Waals surface area contributed by atoms with Gasteiger partial charge in [-0.25, -0.2) is 4.98 Å². The highest BCUT2D eigenvalue weighted by Crippen LogP contribution is 2.44. The highest BCUT2D eigenvalue weighted by Gasteiger charge is 2.21. The van der Waals surface area contributed by atoms with Crippen molar-refractivity contribution < 1.29 is 8.83 Å². The van der Waals surface area contributed by atoms with Crippen LogP contribution >= 0.6 is 0 Å². The normalized spacial score (nSPS) is 11.5. The van der Waals surface area contributed by atoms with Crippen LogP contribution in [0.1, 0.15) is 0 Å². The van der Waals surface area contributed by atoms with Crippen molar-refractivity contribution in [1.82, 2.24) is 4.98 Å². The van der Waals surface area contributed by atoms with Gasteiger partial charge in [-0.05, 0) is 93.7 Å². The zero-order valence-electron chi connectivity index (χ0n) is 27.5. The van der Waals surface area contributed by atoms with Crippen LogP contribution in [0.2, 0.25) is 0 Å². The third kappa shape index (κ3) is 5.04. The fraction of sp³-hybridized carbons (Fsp3) is 0. The molecule has 0 atom stereocenters. The summed E-state index contributed by atoms with van der Waals surface area (Å²) in [6.07, 6.45) is 0. The first kappa shape index (κ1) is 29.0. The van der Waals surface area contributed by atoms with Crippen LogP contribution in [0.3, 0.4) is 0 Å². The van der Waals surface area contributed by atoms with E-state index in [0.717, 1.165) is 66.4 Å². The van der Waals surface area contributed by atoms with Crippen LogP contribution in [0.25, 0.3) is 77.5 Å². The van der Waals surface area contributed by atoms with Gasteiger partial charge >= 0.3 is 0 Å². The molecule has 0 bridgehead atoms. The molecular formula is C47H30N2O2. The molecule has 0 saturated heterocycles. The minimum Gasteiger partial charge on any atom is -0.455 e. The van der Waals surface area contributed by atoms with Gasteiger partial charge < -0.3 is 13.7 Å². The van der Waals surface area contributed by atoms with E-state index in [2.05, 4.69) is 150 Å². The smallest absolute Gasteiger partial charge is 0.231 e. The number of oxazole rings is 1. The van der Waals surface area contributed by atoms with Gasteiger partial charge in [-0.3, -0.25) is 0 Å². The molecule has 0 fully saturated rings. The zero-order chi connectivity index (χ0) is 33.7. The number of benzene rings is 8. The van der Waals surface area contributed by atoms with Crippen LogP contribution in [0, 0.1) is 0 Å². The molecule has 0 radical (unpaired) electrons. The molecule has 0 N–H and O–H groups in total. The lowest BCUT2D eigenvalue weighted by Crippen LogP contribution is -2.09. The van der Waals surface area contributed by atoms with Gasteiger partial charge in [0, 0.05) is 27.8 Å². The highest BCUT2D eigenvalue weighted by atomic mass is 16.4. The average molecular weight is 655 g/mol. The second-order valence-electron chi connectivity index (χ2n) is 12.8. The molecule has 4 nitrogen and oxygen atoms in total. The Kier molecular flexibility index (Phi) is 6.78. The summed E-state index contributed by atoms with van der Waals surface area (Å²) in [5.41, 5.74) is 11.9. The average Bonchev–Trinajstić information content (AvgIpc) is 3.81. The van der Waals surface area contributed by atoms with Gasteiger partial charge in [-0.15, -0.1) is 0 Å². The number of aromatic nitrogens is 1. The Balaban J connectivity index is 1.16. The van der Waals surface area contributed by atoms with Crippen molar-refractivity contribution in [1.29, 1.82) is 0 Å². The van der Waals surface area contributed by atoms with Gasteiger partial charge in [-0.1, -0.05) is 121 Å². The van der Waals surface area contributed by atoms with Crippen LogP contribution in [0.15, 0.2) is 191 Å². The molecule has 240 valence electrons. The molecule has 2 aromatic heterocycles. The molecule has 0 aliphatic carbocycles. The molecule has 0 aliphatic rings. The molecule has 0 saturated carbocycles. The molecule has 0 aliphatic heterocycles. The molecule has 2 heterocycles. The summed E-state index contributed by atoms with van der Waals surface area (Å²) in [6.45, 7) is 0. The van der Waals surface area contributed by atoms with Crippen molar-refractivity contribution in [3.8, 4) is 33.7 Å². The fourth-order valence-corrected chi connectivity index (χ4v) is 7.21. The van der Waals surface area contributed by atoms with Crippen molar-refractivity contribution >= 4 is 60.9 Å². The van der Waals surface area contributed by atoms with Gasteiger partial charge in [0.15, 0.2) is 5.58 Å². The van der Waals surface area contributed by atoms with Gasteiger partial charge in [0.2, 0.25) is 5.89 Å². The van der Waals surface area contributed by atoms with Crippen molar-refractivity contribution in [2.75, 3.05) is 4.90 Å². The molecule has 51 heavy (non-hydrogen) atoms. The molecule has 10 rings (SSSR count). The number of hydrogen-bond donors (Lipinski definition) is 0. The second-order valence-corrected chi connectivity index (χ2v) is 12.8. The van der Waals surface area contributed by atoms with Crippen molar-refractivity contribution in [3.05, 3.63) is 182 Å². The summed E-state index contributed by atoms with van der Waals surface area (Å²) < 4.78 is 13.0. The van der Waals surface area contributed by atoms with Gasteiger partial charge in [0.25, 0.3) is 0 Å². The molecular weight excluding hydrogens is 625 g/mol. The van der Waals surface area contributed by atoms with Gasteiger partial charge in [0.1, 0.15) is 16.7 Å². The summed E-state index contributed by atoms with van der Waals surface area (Å²) in [4.78, 5) is 7.17. The van der Waals surface area contributed by atoms with Crippen molar-refractivity contribution in [2.24, 2.45) is 0 Å². The SMILES string of the molecule is c1ccc(-c2ccc(N(c3ccc(-c4ccccc4)cc3)c3ccc4oc5c(-c6nc7ccccc7o6)cc6ccccc6c5c4c3)cc2)cc1. The monoisotopic (exact) mass is 654 g/mol. The molecule has 0 amide bonds. The largest absolute Gasteiger partial charge is 0.455 e. The predicted molar refractivity (Wildman–Crippen MR) is 210 cm³/mol. The maximum absolute atomic E-state index is 6.70. The van der Waals surface area contributed by atoms with Crippen LogP contribution < -0.4 is 4.90 Å². The Morgan fingerprint density at radius 1 is 0.412 bits per heavy atom. The molecule has 8 aromatic carbocycles. The standard InChI is InChI=1S/C47H30N2O2/c1-3-11-31(12-4-1)33-19-23-36(24-20-33)49(37-25-21-34(22-26-37)32-13-5-2-6-14-32)38-27-28-43-40(30-38)45-39-16-8-7-15-35(39)29-41(46(45)50-43)47-48-42-17-9-10-18-44(42)51-47/h1-30H.